The third-order valence-electron chi connectivity index (χ3n) is 5.30. The molecular weight excluding hydrogens is 438 g/mol. The van der Waals surface area contributed by atoms with Gasteiger partial charge in [0.1, 0.15) is 0 Å². The van der Waals surface area contributed by atoms with E-state index >= 15 is 0 Å². The van der Waals surface area contributed by atoms with E-state index in [1.807, 2.05) is 0 Å². The van der Waals surface area contributed by atoms with E-state index < -0.39 is 26.0 Å². The van der Waals surface area contributed by atoms with E-state index in [1.54, 1.807) is 13.0 Å². The van der Waals surface area contributed by atoms with Gasteiger partial charge in [0.05, 0.1) is 9.79 Å². The van der Waals surface area contributed by atoms with Crippen molar-refractivity contribution in [2.24, 2.45) is 0 Å². The highest BCUT2D eigenvalue weighted by molar-refractivity contribution is 7.89. The van der Waals surface area contributed by atoms with Gasteiger partial charge in [0, 0.05) is 38.4 Å². The third kappa shape index (κ3) is 4.98. The van der Waals surface area contributed by atoms with Gasteiger partial charge in [0.2, 0.25) is 20.0 Å². The lowest BCUT2D eigenvalue weighted by Crippen LogP contribution is -2.35. The molecule has 1 fully saturated rings. The Morgan fingerprint density at radius 1 is 0.903 bits per heavy atom. The summed E-state index contributed by atoms with van der Waals surface area (Å²) in [5.74, 6) is -0.462. The SMILES string of the molecule is Cc1ccc(S(=O)(=O)N2CCCCC2)cc1C(=O)Nc1ccc(S(=O)(=O)N(C)C)cc1. The lowest BCUT2D eigenvalue weighted by atomic mass is 10.1. The monoisotopic (exact) mass is 465 g/mol. The van der Waals surface area contributed by atoms with Crippen LogP contribution in [0.3, 0.4) is 0 Å². The lowest BCUT2D eigenvalue weighted by molar-refractivity contribution is 0.102. The quantitative estimate of drug-likeness (QED) is 0.706. The second kappa shape index (κ2) is 9.07. The molecule has 8 nitrogen and oxygen atoms in total. The first-order valence-corrected chi connectivity index (χ1v) is 12.9. The molecule has 0 aromatic heterocycles. The van der Waals surface area contributed by atoms with Gasteiger partial charge < -0.3 is 5.32 Å². The smallest absolute Gasteiger partial charge is 0.255 e. The van der Waals surface area contributed by atoms with Crippen LogP contribution in [0.2, 0.25) is 0 Å². The normalized spacial score (nSPS) is 15.7. The Labute approximate surface area is 184 Å². The fourth-order valence-corrected chi connectivity index (χ4v) is 5.83. The van der Waals surface area contributed by atoms with Crippen molar-refractivity contribution in [2.45, 2.75) is 36.0 Å². The van der Waals surface area contributed by atoms with Crippen LogP contribution in [0.5, 0.6) is 0 Å². The number of anilines is 1. The molecular formula is C21H27N3O5S2. The topological polar surface area (TPSA) is 104 Å². The van der Waals surface area contributed by atoms with Crippen LogP contribution in [0.15, 0.2) is 52.3 Å². The van der Waals surface area contributed by atoms with E-state index in [2.05, 4.69) is 5.32 Å². The number of rotatable bonds is 6. The number of benzene rings is 2. The number of nitrogens with one attached hydrogen (secondary N) is 1. The standard InChI is InChI=1S/C21H27N3O5S2/c1-16-7-10-19(31(28,29)24-13-5-4-6-14-24)15-20(16)21(25)22-17-8-11-18(12-9-17)30(26,27)23(2)3/h7-12,15H,4-6,13-14H2,1-3H3,(H,22,25). The van der Waals surface area contributed by atoms with E-state index in [0.717, 1.165) is 23.6 Å². The highest BCUT2D eigenvalue weighted by Crippen LogP contribution is 2.24. The van der Waals surface area contributed by atoms with Crippen molar-refractivity contribution >= 4 is 31.6 Å². The number of carbonyl (C=O) groups is 1. The summed E-state index contributed by atoms with van der Waals surface area (Å²) >= 11 is 0. The summed E-state index contributed by atoms with van der Waals surface area (Å²) in [4.78, 5) is 13.0. The Balaban J connectivity index is 1.83. The number of sulfonamides is 2. The summed E-state index contributed by atoms with van der Waals surface area (Å²) < 4.78 is 52.8. The molecule has 1 amide bonds. The molecule has 1 N–H and O–H groups in total. The number of piperidine rings is 1. The van der Waals surface area contributed by atoms with Crippen molar-refractivity contribution in [2.75, 3.05) is 32.5 Å². The fourth-order valence-electron chi connectivity index (χ4n) is 3.38. The van der Waals surface area contributed by atoms with E-state index in [1.165, 1.54) is 54.8 Å². The molecule has 1 aliphatic rings. The van der Waals surface area contributed by atoms with Crippen molar-refractivity contribution in [3.8, 4) is 0 Å². The molecule has 1 saturated heterocycles. The summed E-state index contributed by atoms with van der Waals surface area (Å²) in [6.45, 7) is 2.71. The lowest BCUT2D eigenvalue weighted by Gasteiger charge is -2.26. The first-order valence-electron chi connectivity index (χ1n) is 9.98. The number of carbonyl (C=O) groups excluding carboxylic acids is 1. The van der Waals surface area contributed by atoms with Crippen molar-refractivity contribution in [3.63, 3.8) is 0 Å². The number of nitrogens with zero attached hydrogens (tertiary/aromatic N) is 2. The third-order valence-corrected chi connectivity index (χ3v) is 9.02. The van der Waals surface area contributed by atoms with Crippen LogP contribution >= 0.6 is 0 Å². The second-order valence-corrected chi connectivity index (χ2v) is 11.8. The summed E-state index contributed by atoms with van der Waals surface area (Å²) in [5.41, 5.74) is 1.30. The maximum Gasteiger partial charge on any atom is 0.255 e. The Morgan fingerprint density at radius 2 is 1.48 bits per heavy atom. The summed E-state index contributed by atoms with van der Waals surface area (Å²) in [7, 11) is -4.33. The van der Waals surface area contributed by atoms with Crippen LogP contribution in [0.4, 0.5) is 5.69 Å². The summed E-state index contributed by atoms with van der Waals surface area (Å²) in [6.07, 6.45) is 2.68. The Kier molecular flexibility index (Phi) is 6.85. The van der Waals surface area contributed by atoms with Crippen LogP contribution in [0.25, 0.3) is 0 Å². The van der Waals surface area contributed by atoms with Gasteiger partial charge >= 0.3 is 0 Å². The van der Waals surface area contributed by atoms with Gasteiger partial charge in [0.25, 0.3) is 5.91 Å². The van der Waals surface area contributed by atoms with Gasteiger partial charge in [0.15, 0.2) is 0 Å². The molecule has 3 rings (SSSR count). The first-order chi connectivity index (χ1) is 14.5. The molecule has 0 aliphatic carbocycles. The largest absolute Gasteiger partial charge is 0.322 e. The van der Waals surface area contributed by atoms with Gasteiger partial charge in [-0.2, -0.15) is 4.31 Å². The van der Waals surface area contributed by atoms with Crippen LogP contribution in [-0.2, 0) is 20.0 Å². The summed E-state index contributed by atoms with van der Waals surface area (Å²) in [6, 6.07) is 10.4. The summed E-state index contributed by atoms with van der Waals surface area (Å²) in [5, 5.41) is 2.71. The highest BCUT2D eigenvalue weighted by Gasteiger charge is 2.27. The fraction of sp³-hybridized carbons (Fsp3) is 0.381. The van der Waals surface area contributed by atoms with E-state index in [4.69, 9.17) is 0 Å². The molecule has 10 heteroatoms. The zero-order chi connectivity index (χ0) is 22.8. The Morgan fingerprint density at radius 3 is 2.06 bits per heavy atom. The van der Waals surface area contributed by atoms with E-state index in [9.17, 15) is 21.6 Å². The molecule has 1 heterocycles. The Hall–Kier alpha value is -2.27. The highest BCUT2D eigenvalue weighted by atomic mass is 32.2. The average Bonchev–Trinajstić information content (AvgIpc) is 2.74. The predicted octanol–water partition coefficient (Wildman–Crippen LogP) is 2.67. The molecule has 0 bridgehead atoms. The van der Waals surface area contributed by atoms with Crippen molar-refractivity contribution < 1.29 is 21.6 Å². The minimum atomic E-state index is -3.66. The zero-order valence-corrected chi connectivity index (χ0v) is 19.5. The van der Waals surface area contributed by atoms with Crippen molar-refractivity contribution in [1.29, 1.82) is 0 Å². The minimum Gasteiger partial charge on any atom is -0.322 e. The maximum absolute atomic E-state index is 13.0. The number of aryl methyl sites for hydroxylation is 1. The molecule has 31 heavy (non-hydrogen) atoms. The van der Waals surface area contributed by atoms with Crippen molar-refractivity contribution in [1.82, 2.24) is 8.61 Å². The molecule has 1 aliphatic heterocycles. The maximum atomic E-state index is 13.0. The molecule has 2 aromatic carbocycles. The molecule has 0 saturated carbocycles. The van der Waals surface area contributed by atoms with Gasteiger partial charge in [-0.15, -0.1) is 0 Å². The molecule has 0 unspecified atom stereocenters. The molecule has 0 spiro atoms. The number of amides is 1. The minimum absolute atomic E-state index is 0.0950. The zero-order valence-electron chi connectivity index (χ0n) is 17.8. The first kappa shape index (κ1) is 23.4. The Bertz CT molecular complexity index is 1170. The molecule has 0 atom stereocenters. The number of hydrogen-bond donors (Lipinski definition) is 1. The van der Waals surface area contributed by atoms with Crippen LogP contribution in [0.1, 0.15) is 35.2 Å². The second-order valence-electron chi connectivity index (χ2n) is 7.71. The molecule has 168 valence electrons. The predicted molar refractivity (Wildman–Crippen MR) is 119 cm³/mol. The van der Waals surface area contributed by atoms with Gasteiger partial charge in [-0.05, 0) is 61.7 Å². The van der Waals surface area contributed by atoms with Gasteiger partial charge in [-0.1, -0.05) is 12.5 Å². The van der Waals surface area contributed by atoms with Crippen molar-refractivity contribution in [3.05, 3.63) is 53.6 Å². The van der Waals surface area contributed by atoms with E-state index in [-0.39, 0.29) is 15.4 Å². The molecule has 0 radical (unpaired) electrons. The van der Waals surface area contributed by atoms with Crippen LogP contribution in [0, 0.1) is 6.92 Å². The molecule has 2 aromatic rings. The van der Waals surface area contributed by atoms with Crippen LogP contribution < -0.4 is 5.32 Å². The van der Waals surface area contributed by atoms with Crippen LogP contribution in [-0.4, -0.2) is 58.5 Å². The van der Waals surface area contributed by atoms with Gasteiger partial charge in [-0.3, -0.25) is 4.79 Å². The van der Waals surface area contributed by atoms with E-state index in [0.29, 0.717) is 24.3 Å². The van der Waals surface area contributed by atoms with Gasteiger partial charge in [-0.25, -0.2) is 21.1 Å². The number of hydrogen-bond acceptors (Lipinski definition) is 5. The average molecular weight is 466 g/mol.